The van der Waals surface area contributed by atoms with Gasteiger partial charge in [-0.05, 0) is 31.0 Å². The maximum absolute atomic E-state index is 5.73. The summed E-state index contributed by atoms with van der Waals surface area (Å²) in [7, 11) is 1.89. The molecule has 1 aromatic carbocycles. The van der Waals surface area contributed by atoms with Gasteiger partial charge in [0.25, 0.3) is 0 Å². The van der Waals surface area contributed by atoms with Gasteiger partial charge in [0.2, 0.25) is 5.89 Å². The topological polar surface area (TPSA) is 54.2 Å². The first-order chi connectivity index (χ1) is 8.86. The second-order valence-corrected chi connectivity index (χ2v) is 4.41. The first-order valence-corrected chi connectivity index (χ1v) is 6.23. The fraction of sp³-hybridized carbons (Fsp3) is 0.385. The van der Waals surface area contributed by atoms with Crippen molar-refractivity contribution < 1.29 is 4.42 Å². The number of aromatic nitrogens is 2. The first-order valence-electron chi connectivity index (χ1n) is 6.23. The van der Waals surface area contributed by atoms with Crippen molar-refractivity contribution in [2.45, 2.75) is 12.8 Å². The lowest BCUT2D eigenvalue weighted by atomic mass is 10.2. The molecule has 94 valence electrons. The predicted molar refractivity (Wildman–Crippen MR) is 70.7 cm³/mol. The molecule has 0 aliphatic carbocycles. The van der Waals surface area contributed by atoms with Crippen LogP contribution in [0.4, 0.5) is 11.7 Å². The second kappa shape index (κ2) is 4.68. The minimum absolute atomic E-state index is 0.578. The number of hydrogen-bond donors (Lipinski definition) is 1. The van der Waals surface area contributed by atoms with Crippen LogP contribution in [0.3, 0.4) is 0 Å². The van der Waals surface area contributed by atoms with E-state index in [0.717, 1.165) is 24.3 Å². The van der Waals surface area contributed by atoms with Gasteiger partial charge in [-0.1, -0.05) is 11.2 Å². The van der Waals surface area contributed by atoms with E-state index in [1.807, 2.05) is 31.3 Å². The van der Waals surface area contributed by atoms with Crippen molar-refractivity contribution in [3.05, 3.63) is 24.3 Å². The minimum atomic E-state index is 0.578. The highest BCUT2D eigenvalue weighted by Crippen LogP contribution is 2.25. The van der Waals surface area contributed by atoms with Crippen molar-refractivity contribution in [1.82, 2.24) is 10.2 Å². The minimum Gasteiger partial charge on any atom is -0.403 e. The molecule has 0 saturated carbocycles. The van der Waals surface area contributed by atoms with E-state index in [2.05, 4.69) is 20.4 Å². The molecule has 1 fully saturated rings. The van der Waals surface area contributed by atoms with E-state index in [1.54, 1.807) is 0 Å². The van der Waals surface area contributed by atoms with Gasteiger partial charge in [0, 0.05) is 31.4 Å². The molecule has 0 radical (unpaired) electrons. The molecule has 5 nitrogen and oxygen atoms in total. The van der Waals surface area contributed by atoms with Gasteiger partial charge < -0.3 is 14.6 Å². The molecule has 1 aliphatic rings. The Morgan fingerprint density at radius 3 is 2.83 bits per heavy atom. The van der Waals surface area contributed by atoms with Crippen LogP contribution in [0.1, 0.15) is 12.8 Å². The maximum Gasteiger partial charge on any atom is 0.318 e. The number of anilines is 2. The molecule has 1 N–H and O–H groups in total. The lowest BCUT2D eigenvalue weighted by Gasteiger charge is -2.09. The Balaban J connectivity index is 1.87. The highest BCUT2D eigenvalue weighted by molar-refractivity contribution is 5.61. The summed E-state index contributed by atoms with van der Waals surface area (Å²) < 4.78 is 5.73. The van der Waals surface area contributed by atoms with Gasteiger partial charge in [-0.2, -0.15) is 0 Å². The van der Waals surface area contributed by atoms with Gasteiger partial charge in [-0.3, -0.25) is 0 Å². The average molecular weight is 244 g/mol. The van der Waals surface area contributed by atoms with Crippen LogP contribution in [0.5, 0.6) is 0 Å². The molecule has 0 spiro atoms. The lowest BCUT2D eigenvalue weighted by Crippen LogP contribution is -2.17. The number of hydrogen-bond acceptors (Lipinski definition) is 5. The normalized spacial score (nSPS) is 15.1. The summed E-state index contributed by atoms with van der Waals surface area (Å²) in [5.41, 5.74) is 1.98. The Bertz CT molecular complexity index is 531. The molecular formula is C13H16N4O. The molecule has 1 aliphatic heterocycles. The molecule has 5 heteroatoms. The number of benzene rings is 1. The van der Waals surface area contributed by atoms with Gasteiger partial charge in [-0.15, -0.1) is 5.10 Å². The molecule has 0 amide bonds. The Labute approximate surface area is 106 Å². The molecule has 0 unspecified atom stereocenters. The summed E-state index contributed by atoms with van der Waals surface area (Å²) in [5.74, 6) is 0.578. The molecule has 2 aromatic rings. The molecule has 3 rings (SSSR count). The zero-order chi connectivity index (χ0) is 12.4. The molecule has 18 heavy (non-hydrogen) atoms. The van der Waals surface area contributed by atoms with Crippen LogP contribution in [-0.2, 0) is 0 Å². The second-order valence-electron chi connectivity index (χ2n) is 4.41. The van der Waals surface area contributed by atoms with Gasteiger partial charge in [-0.25, -0.2) is 0 Å². The van der Waals surface area contributed by atoms with E-state index in [0.29, 0.717) is 11.9 Å². The van der Waals surface area contributed by atoms with E-state index in [4.69, 9.17) is 4.42 Å². The van der Waals surface area contributed by atoms with Crippen molar-refractivity contribution in [3.8, 4) is 11.5 Å². The Morgan fingerprint density at radius 2 is 2.06 bits per heavy atom. The quantitative estimate of drug-likeness (QED) is 0.898. The summed E-state index contributed by atoms with van der Waals surface area (Å²) in [4.78, 5) is 2.14. The smallest absolute Gasteiger partial charge is 0.318 e. The SMILES string of the molecule is CNc1cccc(-c2nnc(N3CCCC3)o2)c1. The third-order valence-corrected chi connectivity index (χ3v) is 3.19. The molecule has 0 atom stereocenters. The summed E-state index contributed by atoms with van der Waals surface area (Å²) in [5, 5.41) is 11.3. The number of nitrogens with one attached hydrogen (secondary N) is 1. The molecular weight excluding hydrogens is 228 g/mol. The van der Waals surface area contributed by atoms with Crippen LogP contribution in [-0.4, -0.2) is 30.3 Å². The predicted octanol–water partition coefficient (Wildman–Crippen LogP) is 2.38. The molecule has 1 saturated heterocycles. The van der Waals surface area contributed by atoms with Gasteiger partial charge in [0.1, 0.15) is 0 Å². The number of rotatable bonds is 3. The van der Waals surface area contributed by atoms with E-state index >= 15 is 0 Å². The third-order valence-electron chi connectivity index (χ3n) is 3.19. The van der Waals surface area contributed by atoms with Crippen molar-refractivity contribution in [1.29, 1.82) is 0 Å². The Kier molecular flexibility index (Phi) is 2.88. The summed E-state index contributed by atoms with van der Waals surface area (Å²) >= 11 is 0. The van der Waals surface area contributed by atoms with Crippen molar-refractivity contribution in [3.63, 3.8) is 0 Å². The van der Waals surface area contributed by atoms with Crippen LogP contribution in [0, 0.1) is 0 Å². The third kappa shape index (κ3) is 2.03. The van der Waals surface area contributed by atoms with Gasteiger partial charge in [0.05, 0.1) is 0 Å². The van der Waals surface area contributed by atoms with Crippen LogP contribution < -0.4 is 10.2 Å². The fourth-order valence-corrected chi connectivity index (χ4v) is 2.18. The number of nitrogens with zero attached hydrogens (tertiary/aromatic N) is 3. The van der Waals surface area contributed by atoms with E-state index in [1.165, 1.54) is 12.8 Å². The van der Waals surface area contributed by atoms with Gasteiger partial charge >= 0.3 is 6.01 Å². The van der Waals surface area contributed by atoms with Crippen molar-refractivity contribution in [2.24, 2.45) is 0 Å². The standard InChI is InChI=1S/C13H16N4O/c1-14-11-6-4-5-10(9-11)12-15-16-13(18-12)17-7-2-3-8-17/h4-6,9,14H,2-3,7-8H2,1H3. The van der Waals surface area contributed by atoms with Crippen LogP contribution >= 0.6 is 0 Å². The highest BCUT2D eigenvalue weighted by atomic mass is 16.4. The summed E-state index contributed by atoms with van der Waals surface area (Å²) in [6, 6.07) is 8.59. The molecule has 2 heterocycles. The molecule has 1 aromatic heterocycles. The lowest BCUT2D eigenvalue weighted by molar-refractivity contribution is 0.557. The zero-order valence-corrected chi connectivity index (χ0v) is 10.4. The van der Waals surface area contributed by atoms with E-state index in [-0.39, 0.29) is 0 Å². The monoisotopic (exact) mass is 244 g/mol. The zero-order valence-electron chi connectivity index (χ0n) is 10.4. The van der Waals surface area contributed by atoms with Crippen molar-refractivity contribution >= 4 is 11.7 Å². The van der Waals surface area contributed by atoms with E-state index in [9.17, 15) is 0 Å². The largest absolute Gasteiger partial charge is 0.403 e. The van der Waals surface area contributed by atoms with Crippen LogP contribution in [0.2, 0.25) is 0 Å². The fourth-order valence-electron chi connectivity index (χ4n) is 2.18. The van der Waals surface area contributed by atoms with Gasteiger partial charge in [0.15, 0.2) is 0 Å². The van der Waals surface area contributed by atoms with E-state index < -0.39 is 0 Å². The highest BCUT2D eigenvalue weighted by Gasteiger charge is 2.18. The van der Waals surface area contributed by atoms with Crippen molar-refractivity contribution in [2.75, 3.05) is 30.4 Å². The Morgan fingerprint density at radius 1 is 1.22 bits per heavy atom. The maximum atomic E-state index is 5.73. The van der Waals surface area contributed by atoms with Crippen LogP contribution in [0.25, 0.3) is 11.5 Å². The van der Waals surface area contributed by atoms with Crippen LogP contribution in [0.15, 0.2) is 28.7 Å². The first kappa shape index (κ1) is 11.1. The summed E-state index contributed by atoms with van der Waals surface area (Å²) in [6.45, 7) is 2.02. The average Bonchev–Trinajstić information content (AvgIpc) is 3.09. The Hall–Kier alpha value is -2.04. The summed E-state index contributed by atoms with van der Waals surface area (Å²) in [6.07, 6.45) is 2.40. The molecule has 0 bridgehead atoms.